The Bertz CT molecular complexity index is 708. The van der Waals surface area contributed by atoms with Crippen molar-refractivity contribution in [3.05, 3.63) is 53.8 Å². The summed E-state index contributed by atoms with van der Waals surface area (Å²) in [5, 5.41) is 2.49. The lowest BCUT2D eigenvalue weighted by molar-refractivity contribution is -0.119. The smallest absolute Gasteiger partial charge is 0.338 e. The van der Waals surface area contributed by atoms with Crippen LogP contribution < -0.4 is 14.8 Å². The molecule has 0 aromatic heterocycles. The molecule has 7 heteroatoms. The van der Waals surface area contributed by atoms with Gasteiger partial charge in [-0.15, -0.1) is 0 Å². The molecule has 0 aliphatic rings. The minimum atomic E-state index is -0.693. The van der Waals surface area contributed by atoms with E-state index < -0.39 is 24.3 Å². The van der Waals surface area contributed by atoms with E-state index in [1.165, 1.54) is 50.6 Å². The van der Waals surface area contributed by atoms with Gasteiger partial charge in [0.15, 0.2) is 6.61 Å². The third-order valence-electron chi connectivity index (χ3n) is 3.05. The van der Waals surface area contributed by atoms with Crippen LogP contribution in [0.4, 0.5) is 10.1 Å². The minimum Gasteiger partial charge on any atom is -0.497 e. The van der Waals surface area contributed by atoms with Crippen LogP contribution in [0.5, 0.6) is 11.5 Å². The summed E-state index contributed by atoms with van der Waals surface area (Å²) in [5.41, 5.74) is 0.598. The predicted octanol–water partition coefficient (Wildman–Crippen LogP) is 2.64. The van der Waals surface area contributed by atoms with Crippen molar-refractivity contribution in [2.24, 2.45) is 0 Å². The highest BCUT2D eigenvalue weighted by atomic mass is 19.1. The van der Waals surface area contributed by atoms with Gasteiger partial charge >= 0.3 is 5.97 Å². The number of amides is 1. The maximum Gasteiger partial charge on any atom is 0.338 e. The summed E-state index contributed by atoms with van der Waals surface area (Å²) in [4.78, 5) is 23.8. The first-order chi connectivity index (χ1) is 11.5. The Morgan fingerprint density at radius 2 is 1.58 bits per heavy atom. The molecule has 1 amide bonds. The van der Waals surface area contributed by atoms with E-state index in [0.29, 0.717) is 17.2 Å². The number of ether oxygens (including phenoxy) is 3. The van der Waals surface area contributed by atoms with Gasteiger partial charge in [0.1, 0.15) is 17.3 Å². The summed E-state index contributed by atoms with van der Waals surface area (Å²) in [6.07, 6.45) is 0. The van der Waals surface area contributed by atoms with Crippen LogP contribution in [0, 0.1) is 5.82 Å². The van der Waals surface area contributed by atoms with Gasteiger partial charge in [-0.25, -0.2) is 9.18 Å². The number of hydrogen-bond donors (Lipinski definition) is 1. The number of carbonyl (C=O) groups excluding carboxylic acids is 2. The SMILES string of the molecule is COc1cc(OC)cc(C(=O)OCC(=O)Nc2ccc(F)cc2)c1. The minimum absolute atomic E-state index is 0.195. The Kier molecular flexibility index (Phi) is 5.73. The summed E-state index contributed by atoms with van der Waals surface area (Å²) in [7, 11) is 2.92. The van der Waals surface area contributed by atoms with Crippen molar-refractivity contribution >= 4 is 17.6 Å². The third kappa shape index (κ3) is 4.70. The molecule has 0 fully saturated rings. The van der Waals surface area contributed by atoms with Crippen molar-refractivity contribution in [3.8, 4) is 11.5 Å². The number of carbonyl (C=O) groups is 2. The van der Waals surface area contributed by atoms with Crippen LogP contribution in [0.25, 0.3) is 0 Å². The van der Waals surface area contributed by atoms with Crippen LogP contribution in [0.2, 0.25) is 0 Å². The molecule has 0 aliphatic heterocycles. The van der Waals surface area contributed by atoms with Gasteiger partial charge < -0.3 is 19.5 Å². The molecule has 2 aromatic rings. The average molecular weight is 333 g/mol. The fraction of sp³-hybridized carbons (Fsp3) is 0.176. The number of rotatable bonds is 6. The largest absolute Gasteiger partial charge is 0.497 e. The predicted molar refractivity (Wildman–Crippen MR) is 84.9 cm³/mol. The molecular formula is C17H16FNO5. The summed E-state index contributed by atoms with van der Waals surface area (Å²) < 4.78 is 27.9. The van der Waals surface area contributed by atoms with E-state index in [1.807, 2.05) is 0 Å². The maximum atomic E-state index is 12.8. The highest BCUT2D eigenvalue weighted by Crippen LogP contribution is 2.23. The quantitative estimate of drug-likeness (QED) is 0.823. The standard InChI is InChI=1S/C17H16FNO5/c1-22-14-7-11(8-15(9-14)23-2)17(21)24-10-16(20)19-13-5-3-12(18)4-6-13/h3-9H,10H2,1-2H3,(H,19,20). The summed E-state index contributed by atoms with van der Waals surface area (Å²) in [5.74, 6) is -0.785. The first kappa shape index (κ1) is 17.3. The van der Waals surface area contributed by atoms with Crippen LogP contribution in [-0.2, 0) is 9.53 Å². The molecule has 0 atom stereocenters. The van der Waals surface area contributed by atoms with Crippen molar-refractivity contribution in [3.63, 3.8) is 0 Å². The van der Waals surface area contributed by atoms with Crippen LogP contribution in [0.3, 0.4) is 0 Å². The third-order valence-corrected chi connectivity index (χ3v) is 3.05. The zero-order valence-corrected chi connectivity index (χ0v) is 13.2. The zero-order valence-electron chi connectivity index (χ0n) is 13.2. The molecule has 2 rings (SSSR count). The second kappa shape index (κ2) is 7.96. The fourth-order valence-electron chi connectivity index (χ4n) is 1.87. The summed E-state index contributed by atoms with van der Waals surface area (Å²) in [6.45, 7) is -0.476. The molecule has 0 aliphatic carbocycles. The van der Waals surface area contributed by atoms with E-state index >= 15 is 0 Å². The molecule has 1 N–H and O–H groups in total. The fourth-order valence-corrected chi connectivity index (χ4v) is 1.87. The average Bonchev–Trinajstić information content (AvgIpc) is 2.61. The topological polar surface area (TPSA) is 73.9 Å². The lowest BCUT2D eigenvalue weighted by atomic mass is 10.2. The lowest BCUT2D eigenvalue weighted by Crippen LogP contribution is -2.21. The highest BCUT2D eigenvalue weighted by Gasteiger charge is 2.13. The first-order valence-corrected chi connectivity index (χ1v) is 6.97. The number of halogens is 1. The summed E-state index contributed by atoms with van der Waals surface area (Å²) in [6, 6.07) is 9.79. The Labute approximate surface area is 138 Å². The van der Waals surface area contributed by atoms with Crippen molar-refractivity contribution in [2.75, 3.05) is 26.1 Å². The van der Waals surface area contributed by atoms with Gasteiger partial charge in [0.2, 0.25) is 0 Å². The lowest BCUT2D eigenvalue weighted by Gasteiger charge is -2.09. The first-order valence-electron chi connectivity index (χ1n) is 6.97. The molecular weight excluding hydrogens is 317 g/mol. The number of benzene rings is 2. The molecule has 0 bridgehead atoms. The van der Waals surface area contributed by atoms with Gasteiger partial charge in [-0.1, -0.05) is 0 Å². The number of methoxy groups -OCH3 is 2. The number of nitrogens with one attached hydrogen (secondary N) is 1. The number of anilines is 1. The number of hydrogen-bond acceptors (Lipinski definition) is 5. The second-order valence-electron chi connectivity index (χ2n) is 4.73. The zero-order chi connectivity index (χ0) is 17.5. The molecule has 0 saturated heterocycles. The van der Waals surface area contributed by atoms with Gasteiger partial charge in [0, 0.05) is 11.8 Å². The van der Waals surface area contributed by atoms with Crippen molar-refractivity contribution < 1.29 is 28.2 Å². The van der Waals surface area contributed by atoms with Crippen molar-refractivity contribution in [1.29, 1.82) is 0 Å². The normalized spacial score (nSPS) is 9.96. The monoisotopic (exact) mass is 333 g/mol. The van der Waals surface area contributed by atoms with Crippen LogP contribution in [0.15, 0.2) is 42.5 Å². The molecule has 126 valence electrons. The molecule has 0 spiro atoms. The van der Waals surface area contributed by atoms with E-state index in [9.17, 15) is 14.0 Å². The van der Waals surface area contributed by atoms with E-state index in [4.69, 9.17) is 14.2 Å². The van der Waals surface area contributed by atoms with E-state index in [0.717, 1.165) is 0 Å². The highest BCUT2D eigenvalue weighted by molar-refractivity contribution is 5.95. The Hall–Kier alpha value is -3.09. The van der Waals surface area contributed by atoms with Crippen LogP contribution in [-0.4, -0.2) is 32.7 Å². The Morgan fingerprint density at radius 1 is 1.00 bits per heavy atom. The van der Waals surface area contributed by atoms with Crippen LogP contribution in [0.1, 0.15) is 10.4 Å². The van der Waals surface area contributed by atoms with Crippen LogP contribution >= 0.6 is 0 Å². The van der Waals surface area contributed by atoms with Gasteiger partial charge in [-0.05, 0) is 36.4 Å². The van der Waals surface area contributed by atoms with Crippen molar-refractivity contribution in [2.45, 2.75) is 0 Å². The summed E-state index contributed by atoms with van der Waals surface area (Å²) >= 11 is 0. The van der Waals surface area contributed by atoms with E-state index in [-0.39, 0.29) is 5.56 Å². The Balaban J connectivity index is 1.94. The maximum absolute atomic E-state index is 12.8. The van der Waals surface area contributed by atoms with Crippen molar-refractivity contribution in [1.82, 2.24) is 0 Å². The van der Waals surface area contributed by atoms with Gasteiger partial charge in [0.25, 0.3) is 5.91 Å². The second-order valence-corrected chi connectivity index (χ2v) is 4.73. The molecule has 24 heavy (non-hydrogen) atoms. The molecule has 0 heterocycles. The van der Waals surface area contributed by atoms with Gasteiger partial charge in [-0.2, -0.15) is 0 Å². The van der Waals surface area contributed by atoms with Gasteiger partial charge in [0.05, 0.1) is 19.8 Å². The molecule has 0 unspecified atom stereocenters. The number of esters is 1. The van der Waals surface area contributed by atoms with Gasteiger partial charge in [-0.3, -0.25) is 4.79 Å². The molecule has 6 nitrogen and oxygen atoms in total. The molecule has 0 saturated carbocycles. The van der Waals surface area contributed by atoms with E-state index in [2.05, 4.69) is 5.32 Å². The van der Waals surface area contributed by atoms with E-state index in [1.54, 1.807) is 6.07 Å². The Morgan fingerprint density at radius 3 is 2.12 bits per heavy atom. The molecule has 0 radical (unpaired) electrons. The molecule has 2 aromatic carbocycles.